The molecule has 1 heterocycles. The van der Waals surface area contributed by atoms with Crippen molar-refractivity contribution in [2.24, 2.45) is 10.2 Å². The summed E-state index contributed by atoms with van der Waals surface area (Å²) >= 11 is 1.66. The number of hydrogen-bond acceptors (Lipinski definition) is 8. The number of amides is 1. The molecule has 0 atom stereocenters. The summed E-state index contributed by atoms with van der Waals surface area (Å²) in [6.45, 7) is 4.01. The Morgan fingerprint density at radius 2 is 1.69 bits per heavy atom. The van der Waals surface area contributed by atoms with Crippen LogP contribution in [-0.2, 0) is 11.3 Å². The number of ether oxygens (including phenoxy) is 1. The standard InChI is InChI=1S/C26H25N5O4S/c1-2-30(15-16-35-26(32)27-17-19-18-36-25-6-4-3-5-24(19)25)22-11-7-20(8-12-22)28-29-21-9-13-23(14-10-21)31(33)34/h3-14,18H,2,15-17H2,1H3,(H,27,32). The Balaban J connectivity index is 1.24. The first kappa shape index (κ1) is 24.8. The third-order valence-electron chi connectivity index (χ3n) is 5.52. The van der Waals surface area contributed by atoms with E-state index in [-0.39, 0.29) is 12.3 Å². The molecule has 0 aliphatic rings. The van der Waals surface area contributed by atoms with Gasteiger partial charge in [0.25, 0.3) is 5.69 Å². The summed E-state index contributed by atoms with van der Waals surface area (Å²) in [5, 5.41) is 25.1. The highest BCUT2D eigenvalue weighted by Crippen LogP contribution is 2.26. The quantitative estimate of drug-likeness (QED) is 0.143. The zero-order chi connectivity index (χ0) is 25.3. The fourth-order valence-electron chi connectivity index (χ4n) is 3.59. The zero-order valence-electron chi connectivity index (χ0n) is 19.7. The first-order valence-electron chi connectivity index (χ1n) is 11.4. The predicted molar refractivity (Wildman–Crippen MR) is 142 cm³/mol. The number of rotatable bonds is 10. The van der Waals surface area contributed by atoms with Gasteiger partial charge in [-0.1, -0.05) is 18.2 Å². The van der Waals surface area contributed by atoms with Crippen LogP contribution in [0.3, 0.4) is 0 Å². The predicted octanol–water partition coefficient (Wildman–Crippen LogP) is 6.98. The maximum Gasteiger partial charge on any atom is 0.407 e. The van der Waals surface area contributed by atoms with Crippen molar-refractivity contribution in [1.82, 2.24) is 5.32 Å². The van der Waals surface area contributed by atoms with Crippen molar-refractivity contribution >= 4 is 50.3 Å². The molecule has 1 aromatic heterocycles. The van der Waals surface area contributed by atoms with E-state index in [9.17, 15) is 14.9 Å². The highest BCUT2D eigenvalue weighted by molar-refractivity contribution is 7.17. The zero-order valence-corrected chi connectivity index (χ0v) is 20.5. The number of nitrogens with one attached hydrogen (secondary N) is 1. The van der Waals surface area contributed by atoms with Crippen molar-refractivity contribution in [2.75, 3.05) is 24.6 Å². The van der Waals surface area contributed by atoms with Crippen LogP contribution < -0.4 is 10.2 Å². The Labute approximate surface area is 212 Å². The molecule has 0 radical (unpaired) electrons. The number of likely N-dealkylation sites (N-methyl/N-ethyl adjacent to an activating group) is 1. The number of nitrogens with zero attached hydrogens (tertiary/aromatic N) is 4. The first-order valence-corrected chi connectivity index (χ1v) is 12.3. The molecule has 0 bridgehead atoms. The van der Waals surface area contributed by atoms with E-state index in [2.05, 4.69) is 38.0 Å². The Morgan fingerprint density at radius 1 is 1.03 bits per heavy atom. The molecule has 184 valence electrons. The van der Waals surface area contributed by atoms with E-state index in [0.717, 1.165) is 23.2 Å². The first-order chi connectivity index (χ1) is 17.5. The highest BCUT2D eigenvalue weighted by atomic mass is 32.1. The van der Waals surface area contributed by atoms with E-state index in [1.165, 1.54) is 16.8 Å². The van der Waals surface area contributed by atoms with Gasteiger partial charge in [-0.25, -0.2) is 4.79 Å². The number of carbonyl (C=O) groups is 1. The number of anilines is 1. The van der Waals surface area contributed by atoms with Crippen LogP contribution >= 0.6 is 11.3 Å². The topological polar surface area (TPSA) is 109 Å². The lowest BCUT2D eigenvalue weighted by atomic mass is 10.2. The number of hydrogen-bond donors (Lipinski definition) is 1. The Hall–Kier alpha value is -4.31. The number of azo groups is 1. The summed E-state index contributed by atoms with van der Waals surface area (Å²) in [5.74, 6) is 0. The average molecular weight is 504 g/mol. The van der Waals surface area contributed by atoms with Gasteiger partial charge < -0.3 is 15.0 Å². The van der Waals surface area contributed by atoms with Gasteiger partial charge in [0.15, 0.2) is 0 Å². The van der Waals surface area contributed by atoms with E-state index in [1.54, 1.807) is 23.5 Å². The number of nitro groups is 1. The molecule has 36 heavy (non-hydrogen) atoms. The van der Waals surface area contributed by atoms with Crippen molar-refractivity contribution in [3.8, 4) is 0 Å². The molecule has 1 N–H and O–H groups in total. The Bertz CT molecular complexity index is 1350. The second-order valence-corrected chi connectivity index (χ2v) is 8.73. The van der Waals surface area contributed by atoms with Gasteiger partial charge in [0, 0.05) is 35.6 Å². The molecule has 0 unspecified atom stereocenters. The van der Waals surface area contributed by atoms with Crippen molar-refractivity contribution < 1.29 is 14.5 Å². The lowest BCUT2D eigenvalue weighted by molar-refractivity contribution is -0.384. The third kappa shape index (κ3) is 6.42. The summed E-state index contributed by atoms with van der Waals surface area (Å²) in [4.78, 5) is 24.5. The van der Waals surface area contributed by atoms with E-state index >= 15 is 0 Å². The lowest BCUT2D eigenvalue weighted by Crippen LogP contribution is -2.30. The molecule has 0 aliphatic carbocycles. The Morgan fingerprint density at radius 3 is 2.36 bits per heavy atom. The minimum absolute atomic E-state index is 0.00972. The van der Waals surface area contributed by atoms with Crippen molar-refractivity contribution in [1.29, 1.82) is 0 Å². The minimum Gasteiger partial charge on any atom is -0.448 e. The Kier molecular flexibility index (Phi) is 8.20. The SMILES string of the molecule is CCN(CCOC(=O)NCc1csc2ccccc12)c1ccc(N=Nc2ccc([N+](=O)[O-])cc2)cc1. The van der Waals surface area contributed by atoms with Gasteiger partial charge >= 0.3 is 6.09 Å². The number of nitro benzene ring substituents is 1. The van der Waals surface area contributed by atoms with Gasteiger partial charge in [-0.2, -0.15) is 10.2 Å². The largest absolute Gasteiger partial charge is 0.448 e. The molecule has 1 amide bonds. The summed E-state index contributed by atoms with van der Waals surface area (Å²) < 4.78 is 6.57. The van der Waals surface area contributed by atoms with Gasteiger partial charge in [0.1, 0.15) is 6.61 Å². The number of alkyl carbamates (subject to hydrolysis) is 1. The van der Waals surface area contributed by atoms with Crippen LogP contribution in [0.1, 0.15) is 12.5 Å². The van der Waals surface area contributed by atoms with Crippen LogP contribution in [0, 0.1) is 10.1 Å². The molecule has 3 aromatic carbocycles. The fraction of sp³-hybridized carbons (Fsp3) is 0.192. The summed E-state index contributed by atoms with van der Waals surface area (Å²) in [5.41, 5.74) is 3.25. The molecule has 0 saturated heterocycles. The smallest absolute Gasteiger partial charge is 0.407 e. The molecular weight excluding hydrogens is 478 g/mol. The highest BCUT2D eigenvalue weighted by Gasteiger charge is 2.09. The number of benzene rings is 3. The van der Waals surface area contributed by atoms with E-state index in [1.807, 2.05) is 43.3 Å². The number of carbonyl (C=O) groups excluding carboxylic acids is 1. The van der Waals surface area contributed by atoms with E-state index in [0.29, 0.717) is 24.5 Å². The fourth-order valence-corrected chi connectivity index (χ4v) is 4.56. The van der Waals surface area contributed by atoms with Crippen molar-refractivity contribution in [2.45, 2.75) is 13.5 Å². The van der Waals surface area contributed by atoms with Gasteiger partial charge in [0.2, 0.25) is 0 Å². The number of thiophene rings is 1. The number of non-ortho nitro benzene ring substituents is 1. The minimum atomic E-state index is -0.455. The third-order valence-corrected chi connectivity index (χ3v) is 6.53. The lowest BCUT2D eigenvalue weighted by Gasteiger charge is -2.23. The van der Waals surface area contributed by atoms with Crippen molar-refractivity contribution in [3.05, 3.63) is 93.9 Å². The molecule has 4 rings (SSSR count). The molecule has 4 aromatic rings. The molecule has 0 saturated carbocycles. The summed E-state index contributed by atoms with van der Waals surface area (Å²) in [6, 6.07) is 21.5. The average Bonchev–Trinajstić information content (AvgIpc) is 3.32. The van der Waals surface area contributed by atoms with Gasteiger partial charge in [-0.3, -0.25) is 10.1 Å². The normalized spacial score (nSPS) is 11.0. The van der Waals surface area contributed by atoms with Crippen LogP contribution in [0.15, 0.2) is 88.4 Å². The molecule has 0 aliphatic heterocycles. The van der Waals surface area contributed by atoms with Gasteiger partial charge in [-0.05, 0) is 65.7 Å². The van der Waals surface area contributed by atoms with Crippen LogP contribution in [0.5, 0.6) is 0 Å². The maximum absolute atomic E-state index is 12.2. The molecule has 0 spiro atoms. The van der Waals surface area contributed by atoms with Crippen molar-refractivity contribution in [3.63, 3.8) is 0 Å². The molecule has 0 fully saturated rings. The summed E-state index contributed by atoms with van der Waals surface area (Å²) in [7, 11) is 0. The van der Waals surface area contributed by atoms with Crippen LogP contribution in [0.25, 0.3) is 10.1 Å². The summed E-state index contributed by atoms with van der Waals surface area (Å²) in [6.07, 6.45) is -0.441. The van der Waals surface area contributed by atoms with Gasteiger partial charge in [0.05, 0.1) is 22.8 Å². The van der Waals surface area contributed by atoms with E-state index < -0.39 is 11.0 Å². The molecule has 9 nitrogen and oxygen atoms in total. The molecular formula is C26H25N5O4S. The van der Waals surface area contributed by atoms with Crippen LogP contribution in [0.2, 0.25) is 0 Å². The van der Waals surface area contributed by atoms with Crippen LogP contribution in [0.4, 0.5) is 27.5 Å². The molecule has 10 heteroatoms. The van der Waals surface area contributed by atoms with Gasteiger partial charge in [-0.15, -0.1) is 11.3 Å². The second-order valence-electron chi connectivity index (χ2n) is 7.82. The monoisotopic (exact) mass is 503 g/mol. The number of fused-ring (bicyclic) bond motifs is 1. The second kappa shape index (κ2) is 11.9. The van der Waals surface area contributed by atoms with Crippen LogP contribution in [-0.4, -0.2) is 30.7 Å². The maximum atomic E-state index is 12.2. The van der Waals surface area contributed by atoms with E-state index in [4.69, 9.17) is 4.74 Å².